The van der Waals surface area contributed by atoms with Gasteiger partial charge in [0.05, 0.1) is 19.6 Å². The number of hydrogen-bond acceptors (Lipinski definition) is 5. The summed E-state index contributed by atoms with van der Waals surface area (Å²) in [6.07, 6.45) is -0.0522. The van der Waals surface area contributed by atoms with Gasteiger partial charge in [-0.2, -0.15) is 0 Å². The molecule has 1 aromatic rings. The molecule has 1 unspecified atom stereocenters. The van der Waals surface area contributed by atoms with Gasteiger partial charge in [0.2, 0.25) is 0 Å². The Balaban J connectivity index is 2.67. The minimum absolute atomic E-state index is 0.297. The van der Waals surface area contributed by atoms with Crippen LogP contribution in [0.4, 0.5) is 0 Å². The molecule has 0 heterocycles. The minimum atomic E-state index is -1.26. The maximum absolute atomic E-state index is 11.6. The summed E-state index contributed by atoms with van der Waals surface area (Å²) in [4.78, 5) is 22.2. The van der Waals surface area contributed by atoms with E-state index in [1.807, 2.05) is 24.3 Å². The molecule has 0 saturated heterocycles. The molecule has 0 amide bonds. The van der Waals surface area contributed by atoms with Crippen molar-refractivity contribution in [1.29, 1.82) is 0 Å². The van der Waals surface area contributed by atoms with Crippen molar-refractivity contribution < 1.29 is 24.2 Å². The number of hydrogen-bond donors (Lipinski definition) is 0. The standard InChI is InChI=1S/C16H22O5/c1-11(2)10-21-14-6-4-12(5-7-14)8-13(9-15(17)18)16(19)20-3/h4-7,11,13H,8-10H2,1-3H3,(H,17,18)/p-1. The first kappa shape index (κ1) is 17.0. The Morgan fingerprint density at radius 2 is 1.81 bits per heavy atom. The van der Waals surface area contributed by atoms with Crippen LogP contribution in [0.1, 0.15) is 25.8 Å². The number of ether oxygens (including phenoxy) is 2. The van der Waals surface area contributed by atoms with Crippen LogP contribution in [0, 0.1) is 11.8 Å². The summed E-state index contributed by atoms with van der Waals surface area (Å²) in [5.41, 5.74) is 0.851. The molecule has 0 aliphatic carbocycles. The zero-order valence-electron chi connectivity index (χ0n) is 12.6. The second-order valence-electron chi connectivity index (χ2n) is 5.35. The van der Waals surface area contributed by atoms with E-state index >= 15 is 0 Å². The smallest absolute Gasteiger partial charge is 0.309 e. The number of benzene rings is 1. The number of carbonyl (C=O) groups is 2. The molecule has 0 saturated carbocycles. The Morgan fingerprint density at radius 1 is 1.19 bits per heavy atom. The SMILES string of the molecule is COC(=O)C(CC(=O)[O-])Cc1ccc(OCC(C)C)cc1. The lowest BCUT2D eigenvalue weighted by atomic mass is 9.96. The molecule has 1 rings (SSSR count). The van der Waals surface area contributed by atoms with Crippen LogP contribution >= 0.6 is 0 Å². The summed E-state index contributed by atoms with van der Waals surface area (Å²) in [6.45, 7) is 4.76. The van der Waals surface area contributed by atoms with Crippen molar-refractivity contribution in [3.63, 3.8) is 0 Å². The Bertz CT molecular complexity index is 464. The number of esters is 1. The van der Waals surface area contributed by atoms with E-state index < -0.39 is 17.9 Å². The molecule has 0 bridgehead atoms. The van der Waals surface area contributed by atoms with Crippen LogP contribution in [0.3, 0.4) is 0 Å². The highest BCUT2D eigenvalue weighted by Crippen LogP contribution is 2.18. The maximum Gasteiger partial charge on any atom is 0.309 e. The Kier molecular flexibility index (Phi) is 6.72. The highest BCUT2D eigenvalue weighted by molar-refractivity contribution is 5.78. The van der Waals surface area contributed by atoms with Gasteiger partial charge in [0.25, 0.3) is 0 Å². The summed E-state index contributed by atoms with van der Waals surface area (Å²) in [6, 6.07) is 7.26. The van der Waals surface area contributed by atoms with Crippen LogP contribution in [0.5, 0.6) is 5.75 Å². The maximum atomic E-state index is 11.6. The molecule has 0 aliphatic rings. The summed E-state index contributed by atoms with van der Waals surface area (Å²) >= 11 is 0. The molecule has 0 aliphatic heterocycles. The number of carboxylic acid groups (broad SMARTS) is 1. The van der Waals surface area contributed by atoms with Crippen molar-refractivity contribution in [2.75, 3.05) is 13.7 Å². The fourth-order valence-electron chi connectivity index (χ4n) is 1.88. The fraction of sp³-hybridized carbons (Fsp3) is 0.500. The Morgan fingerprint density at radius 3 is 2.29 bits per heavy atom. The van der Waals surface area contributed by atoms with Gasteiger partial charge in [0, 0.05) is 12.4 Å². The molecule has 21 heavy (non-hydrogen) atoms. The lowest BCUT2D eigenvalue weighted by Crippen LogP contribution is -2.30. The molecule has 1 atom stereocenters. The molecule has 0 spiro atoms. The third-order valence-corrected chi connectivity index (χ3v) is 2.94. The number of aliphatic carboxylic acids is 1. The molecule has 5 nitrogen and oxygen atoms in total. The summed E-state index contributed by atoms with van der Waals surface area (Å²) < 4.78 is 10.2. The van der Waals surface area contributed by atoms with Gasteiger partial charge in [-0.1, -0.05) is 26.0 Å². The molecule has 0 fully saturated rings. The number of carboxylic acids is 1. The van der Waals surface area contributed by atoms with Gasteiger partial charge in [0.15, 0.2) is 0 Å². The van der Waals surface area contributed by atoms with Crippen molar-refractivity contribution in [2.45, 2.75) is 26.7 Å². The average molecular weight is 293 g/mol. The lowest BCUT2D eigenvalue weighted by Gasteiger charge is -2.15. The first-order valence-electron chi connectivity index (χ1n) is 6.91. The lowest BCUT2D eigenvalue weighted by molar-refractivity contribution is -0.306. The molecule has 0 radical (unpaired) electrons. The van der Waals surface area contributed by atoms with E-state index in [0.717, 1.165) is 11.3 Å². The zero-order chi connectivity index (χ0) is 15.8. The van der Waals surface area contributed by atoms with Crippen molar-refractivity contribution in [3.05, 3.63) is 29.8 Å². The van der Waals surface area contributed by atoms with Crippen molar-refractivity contribution in [1.82, 2.24) is 0 Å². The van der Waals surface area contributed by atoms with E-state index in [1.54, 1.807) is 0 Å². The van der Waals surface area contributed by atoms with Crippen LogP contribution in [0.25, 0.3) is 0 Å². The van der Waals surface area contributed by atoms with E-state index in [2.05, 4.69) is 18.6 Å². The van der Waals surface area contributed by atoms with Crippen LogP contribution in [0.15, 0.2) is 24.3 Å². The van der Waals surface area contributed by atoms with Gasteiger partial charge in [0.1, 0.15) is 5.75 Å². The Labute approximate surface area is 124 Å². The second-order valence-corrected chi connectivity index (χ2v) is 5.35. The fourth-order valence-corrected chi connectivity index (χ4v) is 1.88. The summed E-state index contributed by atoms with van der Waals surface area (Å²) in [5, 5.41) is 10.7. The molecular weight excluding hydrogens is 272 g/mol. The van der Waals surface area contributed by atoms with Gasteiger partial charge in [-0.25, -0.2) is 0 Å². The van der Waals surface area contributed by atoms with E-state index in [9.17, 15) is 14.7 Å². The summed E-state index contributed by atoms with van der Waals surface area (Å²) in [7, 11) is 1.24. The van der Waals surface area contributed by atoms with E-state index in [-0.39, 0.29) is 6.42 Å². The van der Waals surface area contributed by atoms with Crippen molar-refractivity contribution in [2.24, 2.45) is 11.8 Å². The highest BCUT2D eigenvalue weighted by atomic mass is 16.5. The van der Waals surface area contributed by atoms with Gasteiger partial charge in [-0.05, 0) is 30.0 Å². The highest BCUT2D eigenvalue weighted by Gasteiger charge is 2.20. The van der Waals surface area contributed by atoms with E-state index in [4.69, 9.17) is 4.74 Å². The number of methoxy groups -OCH3 is 1. The molecule has 0 N–H and O–H groups in total. The van der Waals surface area contributed by atoms with Gasteiger partial charge >= 0.3 is 5.97 Å². The monoisotopic (exact) mass is 293 g/mol. The third kappa shape index (κ3) is 6.29. The van der Waals surface area contributed by atoms with Crippen molar-refractivity contribution >= 4 is 11.9 Å². The first-order chi connectivity index (χ1) is 9.92. The van der Waals surface area contributed by atoms with Gasteiger partial charge < -0.3 is 19.4 Å². The van der Waals surface area contributed by atoms with Gasteiger partial charge in [-0.3, -0.25) is 4.79 Å². The predicted molar refractivity (Wildman–Crippen MR) is 75.6 cm³/mol. The van der Waals surface area contributed by atoms with Crippen LogP contribution < -0.4 is 9.84 Å². The topological polar surface area (TPSA) is 75.7 Å². The first-order valence-corrected chi connectivity index (χ1v) is 6.91. The zero-order valence-corrected chi connectivity index (χ0v) is 12.6. The van der Waals surface area contributed by atoms with E-state index in [0.29, 0.717) is 18.9 Å². The molecule has 0 aromatic heterocycles. The number of rotatable bonds is 8. The van der Waals surface area contributed by atoms with Crippen LogP contribution in [-0.4, -0.2) is 25.7 Å². The van der Waals surface area contributed by atoms with Crippen LogP contribution in [0.2, 0.25) is 0 Å². The Hall–Kier alpha value is -2.04. The predicted octanol–water partition coefficient (Wildman–Crippen LogP) is 1.19. The quantitative estimate of drug-likeness (QED) is 0.673. The summed E-state index contributed by atoms with van der Waals surface area (Å²) in [5.74, 6) is -1.34. The third-order valence-electron chi connectivity index (χ3n) is 2.94. The van der Waals surface area contributed by atoms with Crippen molar-refractivity contribution in [3.8, 4) is 5.75 Å². The minimum Gasteiger partial charge on any atom is -0.550 e. The van der Waals surface area contributed by atoms with Crippen LogP contribution in [-0.2, 0) is 20.7 Å². The number of carbonyl (C=O) groups excluding carboxylic acids is 2. The van der Waals surface area contributed by atoms with Gasteiger partial charge in [-0.15, -0.1) is 0 Å². The largest absolute Gasteiger partial charge is 0.550 e. The van der Waals surface area contributed by atoms with E-state index in [1.165, 1.54) is 7.11 Å². The second kappa shape index (κ2) is 8.29. The average Bonchev–Trinajstić information content (AvgIpc) is 2.44. The molecular formula is C16H21O5-. The molecule has 1 aromatic carbocycles. The molecule has 5 heteroatoms. The normalized spacial score (nSPS) is 12.0. The molecule has 116 valence electrons.